The van der Waals surface area contributed by atoms with Crippen LogP contribution in [0.15, 0.2) is 18.3 Å². The summed E-state index contributed by atoms with van der Waals surface area (Å²) in [5.74, 6) is 1.16. The largest absolute Gasteiger partial charge is 0.381 e. The van der Waals surface area contributed by atoms with E-state index in [2.05, 4.69) is 15.2 Å². The summed E-state index contributed by atoms with van der Waals surface area (Å²) in [5.41, 5.74) is 7.07. The van der Waals surface area contributed by atoms with Crippen LogP contribution in [0.5, 0.6) is 0 Å². The average Bonchev–Trinajstić information content (AvgIpc) is 3.15. The Morgan fingerprint density at radius 2 is 1.96 bits per heavy atom. The predicted molar refractivity (Wildman–Crippen MR) is 104 cm³/mol. The maximum absolute atomic E-state index is 12.2. The van der Waals surface area contributed by atoms with Crippen LogP contribution in [-0.2, 0) is 16.1 Å². The number of ether oxygens (including phenoxy) is 1. The standard InChI is InChI=1S/C17H26N4O2.2ClH/c18-16(14-5-9-23-10-6-14)17(22)20-12-13-3-4-15(19-11-13)21-7-1-2-8-21;;/h3-4,11,14,16H,1-2,5-10,12,18H2,(H,20,22);2*1H. The second kappa shape index (κ2) is 10.8. The zero-order valence-electron chi connectivity index (χ0n) is 14.4. The number of nitrogens with two attached hydrogens (primary N) is 1. The monoisotopic (exact) mass is 390 g/mol. The highest BCUT2D eigenvalue weighted by atomic mass is 35.5. The summed E-state index contributed by atoms with van der Waals surface area (Å²) >= 11 is 0. The first-order valence-electron chi connectivity index (χ1n) is 8.55. The lowest BCUT2D eigenvalue weighted by atomic mass is 9.92. The SMILES string of the molecule is Cl.Cl.NC(C(=O)NCc1ccc(N2CCCC2)nc1)C1CCOCC1. The summed E-state index contributed by atoms with van der Waals surface area (Å²) in [6.07, 6.45) is 6.04. The second-order valence-corrected chi connectivity index (χ2v) is 6.41. The van der Waals surface area contributed by atoms with Crippen molar-refractivity contribution >= 4 is 36.5 Å². The van der Waals surface area contributed by atoms with Gasteiger partial charge in [-0.1, -0.05) is 6.07 Å². The fraction of sp³-hybridized carbons (Fsp3) is 0.647. The van der Waals surface area contributed by atoms with Gasteiger partial charge in [0.1, 0.15) is 5.82 Å². The molecule has 8 heteroatoms. The minimum Gasteiger partial charge on any atom is -0.381 e. The highest BCUT2D eigenvalue weighted by Gasteiger charge is 2.26. The van der Waals surface area contributed by atoms with Crippen LogP contribution < -0.4 is 16.0 Å². The van der Waals surface area contributed by atoms with Gasteiger partial charge < -0.3 is 20.7 Å². The number of pyridine rings is 1. The number of nitrogens with zero attached hydrogens (tertiary/aromatic N) is 2. The van der Waals surface area contributed by atoms with Gasteiger partial charge in [-0.3, -0.25) is 4.79 Å². The Bertz CT molecular complexity index is 518. The quantitative estimate of drug-likeness (QED) is 0.802. The zero-order valence-corrected chi connectivity index (χ0v) is 16.0. The molecule has 0 radical (unpaired) electrons. The van der Waals surface area contributed by atoms with E-state index in [-0.39, 0.29) is 36.6 Å². The van der Waals surface area contributed by atoms with E-state index in [0.717, 1.165) is 37.3 Å². The molecule has 1 unspecified atom stereocenters. The number of carbonyl (C=O) groups is 1. The Balaban J connectivity index is 0.00000156. The summed E-state index contributed by atoms with van der Waals surface area (Å²) in [6.45, 7) is 4.05. The highest BCUT2D eigenvalue weighted by molar-refractivity contribution is 5.85. The van der Waals surface area contributed by atoms with Crippen molar-refractivity contribution in [3.63, 3.8) is 0 Å². The molecule has 1 amide bonds. The third-order valence-electron chi connectivity index (χ3n) is 4.78. The Hall–Kier alpha value is -1.08. The normalized spacial score (nSPS) is 18.8. The van der Waals surface area contributed by atoms with Crippen LogP contribution in [0.25, 0.3) is 0 Å². The third kappa shape index (κ3) is 5.99. The Labute approximate surface area is 161 Å². The van der Waals surface area contributed by atoms with E-state index in [1.807, 2.05) is 18.3 Å². The van der Waals surface area contributed by atoms with Gasteiger partial charge in [0.2, 0.25) is 5.91 Å². The Morgan fingerprint density at radius 3 is 2.56 bits per heavy atom. The molecule has 142 valence electrons. The molecule has 2 aliphatic heterocycles. The molecule has 25 heavy (non-hydrogen) atoms. The van der Waals surface area contributed by atoms with E-state index in [1.165, 1.54) is 12.8 Å². The van der Waals surface area contributed by atoms with Gasteiger partial charge in [-0.2, -0.15) is 0 Å². The molecule has 0 aromatic carbocycles. The van der Waals surface area contributed by atoms with Crippen molar-refractivity contribution in [2.24, 2.45) is 11.7 Å². The number of halogens is 2. The molecule has 0 saturated carbocycles. The molecule has 1 aromatic rings. The molecule has 2 saturated heterocycles. The van der Waals surface area contributed by atoms with E-state index in [4.69, 9.17) is 10.5 Å². The summed E-state index contributed by atoms with van der Waals surface area (Å²) in [4.78, 5) is 19.0. The van der Waals surface area contributed by atoms with Crippen molar-refractivity contribution in [3.8, 4) is 0 Å². The number of hydrogen-bond acceptors (Lipinski definition) is 5. The van der Waals surface area contributed by atoms with Gasteiger partial charge in [0.25, 0.3) is 0 Å². The van der Waals surface area contributed by atoms with Crippen molar-refractivity contribution in [2.75, 3.05) is 31.2 Å². The van der Waals surface area contributed by atoms with Gasteiger partial charge in [0.15, 0.2) is 0 Å². The molecule has 0 aliphatic carbocycles. The molecule has 2 aliphatic rings. The number of hydrogen-bond donors (Lipinski definition) is 2. The molecule has 0 bridgehead atoms. The van der Waals surface area contributed by atoms with Gasteiger partial charge in [0, 0.05) is 39.0 Å². The molecule has 1 aromatic heterocycles. The number of aromatic nitrogens is 1. The number of carbonyl (C=O) groups excluding carboxylic acids is 1. The van der Waals surface area contributed by atoms with Crippen LogP contribution in [0, 0.1) is 5.92 Å². The molecule has 2 fully saturated rings. The van der Waals surface area contributed by atoms with Crippen LogP contribution in [0.1, 0.15) is 31.2 Å². The summed E-state index contributed by atoms with van der Waals surface area (Å²) < 4.78 is 5.31. The maximum atomic E-state index is 12.2. The van der Waals surface area contributed by atoms with Crippen molar-refractivity contribution in [1.29, 1.82) is 0 Å². The van der Waals surface area contributed by atoms with Gasteiger partial charge in [-0.15, -0.1) is 24.8 Å². The number of amides is 1. The van der Waals surface area contributed by atoms with Crippen LogP contribution in [0.2, 0.25) is 0 Å². The lowest BCUT2D eigenvalue weighted by molar-refractivity contribution is -0.124. The fourth-order valence-electron chi connectivity index (χ4n) is 3.25. The predicted octanol–water partition coefficient (Wildman–Crippen LogP) is 1.90. The Kier molecular flexibility index (Phi) is 9.50. The van der Waals surface area contributed by atoms with Crippen LogP contribution >= 0.6 is 24.8 Å². The summed E-state index contributed by atoms with van der Waals surface area (Å²) in [6, 6.07) is 3.61. The van der Waals surface area contributed by atoms with E-state index >= 15 is 0 Å². The van der Waals surface area contributed by atoms with Gasteiger partial charge in [-0.05, 0) is 43.2 Å². The first-order valence-corrected chi connectivity index (χ1v) is 8.55. The van der Waals surface area contributed by atoms with Crippen molar-refractivity contribution < 1.29 is 9.53 Å². The third-order valence-corrected chi connectivity index (χ3v) is 4.78. The van der Waals surface area contributed by atoms with Gasteiger partial charge in [0.05, 0.1) is 6.04 Å². The first kappa shape index (κ1) is 22.0. The Morgan fingerprint density at radius 1 is 1.28 bits per heavy atom. The molecule has 3 heterocycles. The minimum absolute atomic E-state index is 0. The van der Waals surface area contributed by atoms with Crippen LogP contribution in [0.3, 0.4) is 0 Å². The van der Waals surface area contributed by atoms with Gasteiger partial charge >= 0.3 is 0 Å². The van der Waals surface area contributed by atoms with Crippen LogP contribution in [-0.4, -0.2) is 43.2 Å². The van der Waals surface area contributed by atoms with Crippen molar-refractivity contribution in [3.05, 3.63) is 23.9 Å². The molecule has 3 rings (SSSR count). The number of nitrogens with one attached hydrogen (secondary N) is 1. The minimum atomic E-state index is -0.448. The van der Waals surface area contributed by atoms with E-state index in [9.17, 15) is 4.79 Å². The molecule has 6 nitrogen and oxygen atoms in total. The number of rotatable bonds is 5. The van der Waals surface area contributed by atoms with E-state index in [1.54, 1.807) is 0 Å². The average molecular weight is 391 g/mol. The number of anilines is 1. The molecular weight excluding hydrogens is 363 g/mol. The first-order chi connectivity index (χ1) is 11.2. The van der Waals surface area contributed by atoms with E-state index < -0.39 is 6.04 Å². The molecule has 1 atom stereocenters. The second-order valence-electron chi connectivity index (χ2n) is 6.41. The molecular formula is C17H28Cl2N4O2. The smallest absolute Gasteiger partial charge is 0.237 e. The molecule has 3 N–H and O–H groups in total. The van der Waals surface area contributed by atoms with Gasteiger partial charge in [-0.25, -0.2) is 4.98 Å². The zero-order chi connectivity index (χ0) is 16.1. The van der Waals surface area contributed by atoms with Crippen LogP contribution in [0.4, 0.5) is 5.82 Å². The van der Waals surface area contributed by atoms with Crippen molar-refractivity contribution in [2.45, 2.75) is 38.3 Å². The van der Waals surface area contributed by atoms with E-state index in [0.29, 0.717) is 19.8 Å². The highest BCUT2D eigenvalue weighted by Crippen LogP contribution is 2.19. The van der Waals surface area contributed by atoms with Crippen molar-refractivity contribution in [1.82, 2.24) is 10.3 Å². The maximum Gasteiger partial charge on any atom is 0.237 e. The summed E-state index contributed by atoms with van der Waals surface area (Å²) in [7, 11) is 0. The lowest BCUT2D eigenvalue weighted by Gasteiger charge is -2.26. The fourth-order valence-corrected chi connectivity index (χ4v) is 3.25. The lowest BCUT2D eigenvalue weighted by Crippen LogP contribution is -2.46. The summed E-state index contributed by atoms with van der Waals surface area (Å²) in [5, 5.41) is 2.93. The molecule has 0 spiro atoms. The topological polar surface area (TPSA) is 80.5 Å².